The lowest BCUT2D eigenvalue weighted by Crippen LogP contribution is -2.00. The van der Waals surface area contributed by atoms with E-state index in [9.17, 15) is 8.78 Å². The van der Waals surface area contributed by atoms with Crippen molar-refractivity contribution in [2.45, 2.75) is 0 Å². The van der Waals surface area contributed by atoms with Crippen LogP contribution in [0.3, 0.4) is 0 Å². The Morgan fingerprint density at radius 2 is 1.79 bits per heavy atom. The van der Waals surface area contributed by atoms with Crippen molar-refractivity contribution in [3.05, 3.63) is 53.1 Å². The Kier molecular flexibility index (Phi) is 2.64. The van der Waals surface area contributed by atoms with Gasteiger partial charge in [-0.25, -0.2) is 13.8 Å². The van der Waals surface area contributed by atoms with E-state index in [2.05, 4.69) is 4.98 Å². The smallest absolute Gasteiger partial charge is 0.206 e. The number of anilines is 1. The number of rotatable bonds is 1. The summed E-state index contributed by atoms with van der Waals surface area (Å²) in [5.41, 5.74) is 6.72. The summed E-state index contributed by atoms with van der Waals surface area (Å²) in [6.45, 7) is 0. The molecule has 0 saturated carbocycles. The maximum absolute atomic E-state index is 13.6. The first-order chi connectivity index (χ1) is 9.06. The summed E-state index contributed by atoms with van der Waals surface area (Å²) >= 11 is 5.81. The van der Waals surface area contributed by atoms with Crippen LogP contribution in [0.1, 0.15) is 0 Å². The Bertz CT molecular complexity index is 766. The molecule has 1 aromatic heterocycles. The fourth-order valence-electron chi connectivity index (χ4n) is 1.98. The molecule has 2 aromatic carbocycles. The molecule has 0 unspecified atom stereocenters. The zero-order valence-electron chi connectivity index (χ0n) is 9.57. The predicted octanol–water partition coefficient (Wildman–Crippen LogP) is 3.54. The average molecular weight is 280 g/mol. The number of benzene rings is 2. The van der Waals surface area contributed by atoms with Gasteiger partial charge in [0.2, 0.25) is 5.95 Å². The molecular weight excluding hydrogens is 272 g/mol. The molecular formula is C13H8ClF2N3. The number of nitrogens with zero attached hydrogens (tertiary/aromatic N) is 2. The molecule has 0 atom stereocenters. The molecule has 0 radical (unpaired) electrons. The van der Waals surface area contributed by atoms with Crippen molar-refractivity contribution in [2.75, 3.05) is 5.73 Å². The third-order valence-corrected chi connectivity index (χ3v) is 3.04. The van der Waals surface area contributed by atoms with Crippen LogP contribution in [0.4, 0.5) is 14.7 Å². The van der Waals surface area contributed by atoms with Gasteiger partial charge in [-0.2, -0.15) is 0 Å². The normalized spacial score (nSPS) is 11.1. The van der Waals surface area contributed by atoms with Gasteiger partial charge in [0.05, 0.1) is 5.52 Å². The molecule has 3 aromatic rings. The summed E-state index contributed by atoms with van der Waals surface area (Å²) < 4.78 is 28.4. The number of hydrogen-bond donors (Lipinski definition) is 1. The Labute approximate surface area is 112 Å². The summed E-state index contributed by atoms with van der Waals surface area (Å²) in [6, 6.07) is 8.69. The van der Waals surface area contributed by atoms with Gasteiger partial charge in [-0.05, 0) is 24.3 Å². The van der Waals surface area contributed by atoms with E-state index in [-0.39, 0.29) is 17.0 Å². The second-order valence-electron chi connectivity index (χ2n) is 4.04. The Hall–Kier alpha value is -2.14. The largest absolute Gasteiger partial charge is 0.369 e. The minimum atomic E-state index is -0.741. The van der Waals surface area contributed by atoms with Gasteiger partial charge in [0.15, 0.2) is 5.82 Å². The summed E-state index contributed by atoms with van der Waals surface area (Å²) in [6.07, 6.45) is 0. The lowest BCUT2D eigenvalue weighted by molar-refractivity contribution is 0.590. The van der Waals surface area contributed by atoms with E-state index >= 15 is 0 Å². The number of nitrogens with two attached hydrogens (primary N) is 1. The maximum Gasteiger partial charge on any atom is 0.206 e. The Morgan fingerprint density at radius 1 is 1.11 bits per heavy atom. The van der Waals surface area contributed by atoms with Crippen molar-refractivity contribution >= 4 is 28.6 Å². The van der Waals surface area contributed by atoms with E-state index in [1.165, 1.54) is 10.6 Å². The van der Waals surface area contributed by atoms with E-state index in [0.29, 0.717) is 10.7 Å². The number of halogens is 3. The maximum atomic E-state index is 13.6. The molecule has 0 aliphatic heterocycles. The second kappa shape index (κ2) is 4.20. The molecule has 0 amide bonds. The van der Waals surface area contributed by atoms with Gasteiger partial charge in [0.25, 0.3) is 0 Å². The van der Waals surface area contributed by atoms with E-state index < -0.39 is 11.6 Å². The van der Waals surface area contributed by atoms with Crippen LogP contribution in [0.25, 0.3) is 16.7 Å². The highest BCUT2D eigenvalue weighted by Gasteiger charge is 2.14. The molecule has 2 N–H and O–H groups in total. The SMILES string of the molecule is Nc1nc2c(F)cc(F)cc2n1-c1ccc(Cl)cc1. The van der Waals surface area contributed by atoms with Gasteiger partial charge in [0, 0.05) is 22.8 Å². The van der Waals surface area contributed by atoms with E-state index in [1.54, 1.807) is 24.3 Å². The topological polar surface area (TPSA) is 43.8 Å². The molecule has 3 nitrogen and oxygen atoms in total. The van der Waals surface area contributed by atoms with Crippen molar-refractivity contribution < 1.29 is 8.78 Å². The Morgan fingerprint density at radius 3 is 2.47 bits per heavy atom. The molecule has 19 heavy (non-hydrogen) atoms. The van der Waals surface area contributed by atoms with Crippen LogP contribution >= 0.6 is 11.6 Å². The van der Waals surface area contributed by atoms with Gasteiger partial charge in [0.1, 0.15) is 11.3 Å². The summed E-state index contributed by atoms with van der Waals surface area (Å²) in [7, 11) is 0. The minimum Gasteiger partial charge on any atom is -0.369 e. The van der Waals surface area contributed by atoms with Crippen LogP contribution in [0.5, 0.6) is 0 Å². The van der Waals surface area contributed by atoms with E-state index in [0.717, 1.165) is 6.07 Å². The number of imidazole rings is 1. The van der Waals surface area contributed by atoms with Crippen LogP contribution in [0, 0.1) is 11.6 Å². The highest BCUT2D eigenvalue weighted by Crippen LogP contribution is 2.26. The van der Waals surface area contributed by atoms with Crippen LogP contribution < -0.4 is 5.73 Å². The van der Waals surface area contributed by atoms with Gasteiger partial charge in [-0.15, -0.1) is 0 Å². The number of hydrogen-bond acceptors (Lipinski definition) is 2. The molecule has 0 aliphatic carbocycles. The predicted molar refractivity (Wildman–Crippen MR) is 70.4 cm³/mol. The first kappa shape index (κ1) is 11.9. The molecule has 0 fully saturated rings. The summed E-state index contributed by atoms with van der Waals surface area (Å²) in [5.74, 6) is -1.34. The molecule has 3 rings (SSSR count). The first-order valence-electron chi connectivity index (χ1n) is 5.45. The van der Waals surface area contributed by atoms with Crippen molar-refractivity contribution in [3.63, 3.8) is 0 Å². The van der Waals surface area contributed by atoms with Gasteiger partial charge in [-0.1, -0.05) is 11.6 Å². The highest BCUT2D eigenvalue weighted by atomic mass is 35.5. The van der Waals surface area contributed by atoms with Crippen molar-refractivity contribution in [3.8, 4) is 5.69 Å². The summed E-state index contributed by atoms with van der Waals surface area (Å²) in [5, 5.41) is 0.559. The third kappa shape index (κ3) is 1.92. The van der Waals surface area contributed by atoms with Crippen LogP contribution in [-0.2, 0) is 0 Å². The quantitative estimate of drug-likeness (QED) is 0.740. The zero-order chi connectivity index (χ0) is 13.6. The standard InChI is InChI=1S/C13H8ClF2N3/c14-7-1-3-9(4-2-7)19-11-6-8(15)5-10(16)12(11)18-13(19)17/h1-6H,(H2,17,18). The molecule has 1 heterocycles. The number of nitrogen functional groups attached to an aromatic ring is 1. The highest BCUT2D eigenvalue weighted by molar-refractivity contribution is 6.30. The van der Waals surface area contributed by atoms with Crippen molar-refractivity contribution in [1.29, 1.82) is 0 Å². The van der Waals surface area contributed by atoms with Gasteiger partial charge in [-0.3, -0.25) is 4.57 Å². The molecule has 0 aliphatic rings. The Balaban J connectivity index is 2.34. The first-order valence-corrected chi connectivity index (χ1v) is 5.83. The molecule has 0 spiro atoms. The molecule has 0 bridgehead atoms. The van der Waals surface area contributed by atoms with E-state index in [1.807, 2.05) is 0 Å². The van der Waals surface area contributed by atoms with Crippen molar-refractivity contribution in [2.24, 2.45) is 0 Å². The molecule has 0 saturated heterocycles. The monoisotopic (exact) mass is 279 g/mol. The fraction of sp³-hybridized carbons (Fsp3) is 0. The fourth-order valence-corrected chi connectivity index (χ4v) is 2.11. The van der Waals surface area contributed by atoms with Gasteiger partial charge >= 0.3 is 0 Å². The number of aromatic nitrogens is 2. The lowest BCUT2D eigenvalue weighted by atomic mass is 10.2. The van der Waals surface area contributed by atoms with Crippen molar-refractivity contribution in [1.82, 2.24) is 9.55 Å². The molecule has 6 heteroatoms. The van der Waals surface area contributed by atoms with Gasteiger partial charge < -0.3 is 5.73 Å². The van der Waals surface area contributed by atoms with E-state index in [4.69, 9.17) is 17.3 Å². The van der Waals surface area contributed by atoms with Crippen LogP contribution in [-0.4, -0.2) is 9.55 Å². The zero-order valence-corrected chi connectivity index (χ0v) is 10.3. The average Bonchev–Trinajstić information content (AvgIpc) is 2.67. The third-order valence-electron chi connectivity index (χ3n) is 2.79. The van der Waals surface area contributed by atoms with Crippen LogP contribution in [0.2, 0.25) is 5.02 Å². The molecule has 96 valence electrons. The number of fused-ring (bicyclic) bond motifs is 1. The van der Waals surface area contributed by atoms with Crippen LogP contribution in [0.15, 0.2) is 36.4 Å². The lowest BCUT2D eigenvalue weighted by Gasteiger charge is -2.06. The second-order valence-corrected chi connectivity index (χ2v) is 4.47. The minimum absolute atomic E-state index is 0.0360. The summed E-state index contributed by atoms with van der Waals surface area (Å²) in [4.78, 5) is 3.92.